The van der Waals surface area contributed by atoms with Crippen LogP contribution in [-0.2, 0) is 4.79 Å². The normalized spacial score (nSPS) is 15.0. The maximum absolute atomic E-state index is 11.5. The number of aliphatic carboxylic acids is 1. The number of hydrogen-bond acceptors (Lipinski definition) is 3. The fourth-order valence-corrected chi connectivity index (χ4v) is 2.41. The number of nitrogens with one attached hydrogen (secondary N) is 1. The minimum absolute atomic E-state index is 0.106. The molecule has 2 aromatic rings. The highest BCUT2D eigenvalue weighted by molar-refractivity contribution is 5.73. The Kier molecular flexibility index (Phi) is 5.69. The number of rotatable bonds is 7. The third kappa shape index (κ3) is 4.41. The topological polar surface area (TPSA) is 69.6 Å². The minimum atomic E-state index is -0.960. The van der Waals surface area contributed by atoms with E-state index in [4.69, 9.17) is 0 Å². The number of hydrogen-bond donors (Lipinski definition) is 3. The molecule has 0 aromatic heterocycles. The Hall–Kier alpha value is -2.17. The monoisotopic (exact) mass is 299 g/mol. The summed E-state index contributed by atoms with van der Waals surface area (Å²) in [5.41, 5.74) is 1.74. The van der Waals surface area contributed by atoms with Crippen LogP contribution >= 0.6 is 0 Å². The minimum Gasteiger partial charge on any atom is -0.480 e. The quantitative estimate of drug-likeness (QED) is 0.735. The zero-order chi connectivity index (χ0) is 15.9. The molecule has 0 aliphatic heterocycles. The van der Waals surface area contributed by atoms with E-state index in [-0.39, 0.29) is 12.5 Å². The molecule has 0 aliphatic rings. The molecule has 3 atom stereocenters. The number of aliphatic hydroxyl groups is 1. The molecule has 22 heavy (non-hydrogen) atoms. The van der Waals surface area contributed by atoms with E-state index < -0.39 is 18.1 Å². The van der Waals surface area contributed by atoms with Gasteiger partial charge in [0.2, 0.25) is 0 Å². The summed E-state index contributed by atoms with van der Waals surface area (Å²) in [4.78, 5) is 11.5. The number of carbonyl (C=O) groups is 1. The lowest BCUT2D eigenvalue weighted by molar-refractivity contribution is -0.140. The Morgan fingerprint density at radius 3 is 2.00 bits per heavy atom. The van der Waals surface area contributed by atoms with E-state index in [0.717, 1.165) is 11.1 Å². The fourth-order valence-electron chi connectivity index (χ4n) is 2.41. The summed E-state index contributed by atoms with van der Waals surface area (Å²) in [6.45, 7) is 1.92. The van der Waals surface area contributed by atoms with Crippen LogP contribution in [0.2, 0.25) is 0 Å². The molecule has 0 saturated carbocycles. The molecule has 116 valence electrons. The lowest BCUT2D eigenvalue weighted by Crippen LogP contribution is -2.39. The largest absolute Gasteiger partial charge is 0.480 e. The summed E-state index contributed by atoms with van der Waals surface area (Å²) >= 11 is 0. The van der Waals surface area contributed by atoms with Crippen LogP contribution in [0.15, 0.2) is 60.7 Å². The zero-order valence-electron chi connectivity index (χ0n) is 12.5. The molecule has 0 aliphatic carbocycles. The van der Waals surface area contributed by atoms with E-state index in [9.17, 15) is 15.0 Å². The molecule has 0 heterocycles. The van der Waals surface area contributed by atoms with Gasteiger partial charge in [-0.05, 0) is 18.1 Å². The first-order valence-corrected chi connectivity index (χ1v) is 7.34. The first-order valence-electron chi connectivity index (χ1n) is 7.34. The van der Waals surface area contributed by atoms with Gasteiger partial charge in [0.25, 0.3) is 0 Å². The molecule has 3 N–H and O–H groups in total. The highest BCUT2D eigenvalue weighted by Gasteiger charge is 2.24. The summed E-state index contributed by atoms with van der Waals surface area (Å²) in [6, 6.07) is 17.8. The van der Waals surface area contributed by atoms with Crippen molar-refractivity contribution in [2.75, 3.05) is 0 Å². The van der Waals surface area contributed by atoms with E-state index in [0.29, 0.717) is 0 Å². The summed E-state index contributed by atoms with van der Waals surface area (Å²) in [7, 11) is 0. The van der Waals surface area contributed by atoms with Crippen molar-refractivity contribution in [3.05, 3.63) is 71.8 Å². The molecule has 0 radical (unpaired) electrons. The van der Waals surface area contributed by atoms with Gasteiger partial charge in [0.15, 0.2) is 0 Å². The third-order valence-corrected chi connectivity index (χ3v) is 3.69. The first-order chi connectivity index (χ1) is 10.6. The van der Waals surface area contributed by atoms with Crippen molar-refractivity contribution in [2.24, 2.45) is 0 Å². The van der Waals surface area contributed by atoms with Gasteiger partial charge >= 0.3 is 5.97 Å². The fraction of sp³-hybridized carbons (Fsp3) is 0.278. The van der Waals surface area contributed by atoms with Crippen LogP contribution in [0.1, 0.15) is 36.6 Å². The average molecular weight is 299 g/mol. The second kappa shape index (κ2) is 7.73. The Bertz CT molecular complexity index is 538. The molecule has 0 unspecified atom stereocenters. The second-order valence-corrected chi connectivity index (χ2v) is 5.35. The second-order valence-electron chi connectivity index (χ2n) is 5.35. The van der Waals surface area contributed by atoms with Gasteiger partial charge in [0.05, 0.1) is 6.10 Å². The Balaban J connectivity index is 2.03. The molecule has 0 spiro atoms. The van der Waals surface area contributed by atoms with E-state index >= 15 is 0 Å². The highest BCUT2D eigenvalue weighted by Crippen LogP contribution is 2.20. The standard InChI is InChI=1S/C18H21NO3/c1-13(14-8-4-2-5-9-14)19-16(18(21)22)12-17(20)15-10-6-3-7-11-15/h2-11,13,16-17,19-20H,12H2,1H3,(H,21,22)/t13-,16+,17-/m0/s1. The van der Waals surface area contributed by atoms with Crippen molar-refractivity contribution in [3.8, 4) is 0 Å². The molecular formula is C18H21NO3. The van der Waals surface area contributed by atoms with Crippen LogP contribution in [0.4, 0.5) is 0 Å². The number of benzene rings is 2. The molecule has 2 aromatic carbocycles. The highest BCUT2D eigenvalue weighted by atomic mass is 16.4. The smallest absolute Gasteiger partial charge is 0.320 e. The lowest BCUT2D eigenvalue weighted by atomic mass is 10.0. The van der Waals surface area contributed by atoms with Crippen LogP contribution in [0.25, 0.3) is 0 Å². The predicted octanol–water partition coefficient (Wildman–Crippen LogP) is 2.91. The van der Waals surface area contributed by atoms with Crippen molar-refractivity contribution >= 4 is 5.97 Å². The zero-order valence-corrected chi connectivity index (χ0v) is 12.5. The third-order valence-electron chi connectivity index (χ3n) is 3.69. The van der Waals surface area contributed by atoms with Crippen molar-refractivity contribution < 1.29 is 15.0 Å². The molecule has 0 fully saturated rings. The van der Waals surface area contributed by atoms with Gasteiger partial charge in [-0.25, -0.2) is 0 Å². The SMILES string of the molecule is C[C@H](N[C@H](C[C@H](O)c1ccccc1)C(=O)O)c1ccccc1. The van der Waals surface area contributed by atoms with Crippen molar-refractivity contribution in [1.29, 1.82) is 0 Å². The van der Waals surface area contributed by atoms with Crippen LogP contribution in [0, 0.1) is 0 Å². The number of aliphatic hydroxyl groups excluding tert-OH is 1. The summed E-state index contributed by atoms with van der Waals surface area (Å²) in [5, 5.41) is 22.7. The van der Waals surface area contributed by atoms with Crippen molar-refractivity contribution in [2.45, 2.75) is 31.5 Å². The molecule has 0 bridgehead atoms. The molecule has 4 heteroatoms. The van der Waals surface area contributed by atoms with Gasteiger partial charge in [-0.15, -0.1) is 0 Å². The van der Waals surface area contributed by atoms with Crippen LogP contribution < -0.4 is 5.32 Å². The molecule has 0 amide bonds. The Morgan fingerprint density at radius 2 is 1.50 bits per heavy atom. The maximum Gasteiger partial charge on any atom is 0.320 e. The molecule has 0 saturated heterocycles. The number of carboxylic acids is 1. The summed E-state index contributed by atoms with van der Waals surface area (Å²) < 4.78 is 0. The lowest BCUT2D eigenvalue weighted by Gasteiger charge is -2.23. The van der Waals surface area contributed by atoms with Crippen molar-refractivity contribution in [1.82, 2.24) is 5.32 Å². The number of carboxylic acid groups (broad SMARTS) is 1. The summed E-state index contributed by atoms with van der Waals surface area (Å²) in [5.74, 6) is -0.960. The van der Waals surface area contributed by atoms with E-state index in [1.807, 2.05) is 55.5 Å². The van der Waals surface area contributed by atoms with E-state index in [1.165, 1.54) is 0 Å². The Labute approximate surface area is 130 Å². The van der Waals surface area contributed by atoms with Crippen LogP contribution in [0.3, 0.4) is 0 Å². The van der Waals surface area contributed by atoms with Gasteiger partial charge in [0.1, 0.15) is 6.04 Å². The van der Waals surface area contributed by atoms with Gasteiger partial charge in [0, 0.05) is 12.5 Å². The predicted molar refractivity (Wildman–Crippen MR) is 85.4 cm³/mol. The van der Waals surface area contributed by atoms with Gasteiger partial charge in [-0.3, -0.25) is 10.1 Å². The Morgan fingerprint density at radius 1 is 1.00 bits per heavy atom. The van der Waals surface area contributed by atoms with Gasteiger partial charge < -0.3 is 10.2 Å². The van der Waals surface area contributed by atoms with Gasteiger partial charge in [-0.1, -0.05) is 60.7 Å². The average Bonchev–Trinajstić information content (AvgIpc) is 2.55. The van der Waals surface area contributed by atoms with Crippen LogP contribution in [-0.4, -0.2) is 22.2 Å². The van der Waals surface area contributed by atoms with Crippen molar-refractivity contribution in [3.63, 3.8) is 0 Å². The van der Waals surface area contributed by atoms with E-state index in [1.54, 1.807) is 12.1 Å². The molecular weight excluding hydrogens is 278 g/mol. The van der Waals surface area contributed by atoms with Gasteiger partial charge in [-0.2, -0.15) is 0 Å². The van der Waals surface area contributed by atoms with Crippen LogP contribution in [0.5, 0.6) is 0 Å². The van der Waals surface area contributed by atoms with E-state index in [2.05, 4.69) is 5.32 Å². The first kappa shape index (κ1) is 16.2. The molecule has 4 nitrogen and oxygen atoms in total. The maximum atomic E-state index is 11.5. The summed E-state index contributed by atoms with van der Waals surface area (Å²) in [6.07, 6.45) is -0.686. The molecule has 2 rings (SSSR count).